The van der Waals surface area contributed by atoms with Crippen molar-refractivity contribution in [1.29, 1.82) is 0 Å². The summed E-state index contributed by atoms with van der Waals surface area (Å²) in [7, 11) is 3.55. The lowest BCUT2D eigenvalue weighted by atomic mass is 10.2. The molecule has 0 amide bonds. The van der Waals surface area contributed by atoms with Crippen molar-refractivity contribution in [3.8, 4) is 11.5 Å². The minimum atomic E-state index is 0.669. The third-order valence-electron chi connectivity index (χ3n) is 2.94. The Labute approximate surface area is 133 Å². The van der Waals surface area contributed by atoms with E-state index in [1.807, 2.05) is 25.4 Å². The van der Waals surface area contributed by atoms with E-state index in [2.05, 4.69) is 33.3 Å². The first kappa shape index (κ1) is 15.7. The van der Waals surface area contributed by atoms with Crippen LogP contribution < -0.4 is 14.8 Å². The second-order valence-electron chi connectivity index (χ2n) is 4.71. The van der Waals surface area contributed by atoms with Crippen molar-refractivity contribution in [2.75, 3.05) is 19.0 Å². The van der Waals surface area contributed by atoms with Crippen LogP contribution in [-0.4, -0.2) is 23.5 Å². The van der Waals surface area contributed by atoms with Gasteiger partial charge in [0.15, 0.2) is 11.5 Å². The van der Waals surface area contributed by atoms with Gasteiger partial charge in [0, 0.05) is 19.8 Å². The molecule has 5 nitrogen and oxygen atoms in total. The lowest BCUT2D eigenvalue weighted by Crippen LogP contribution is -2.02. The maximum atomic E-state index is 5.72. The molecular formula is C15H20BrN3O2. The number of aryl methyl sites for hydroxylation is 1. The third-order valence-corrected chi connectivity index (χ3v) is 3.53. The van der Waals surface area contributed by atoms with Gasteiger partial charge in [0.1, 0.15) is 0 Å². The summed E-state index contributed by atoms with van der Waals surface area (Å²) >= 11 is 3.55. The van der Waals surface area contributed by atoms with Crippen LogP contribution in [0, 0.1) is 0 Å². The molecule has 21 heavy (non-hydrogen) atoms. The summed E-state index contributed by atoms with van der Waals surface area (Å²) in [6.45, 7) is 3.43. The average Bonchev–Trinajstić information content (AvgIpc) is 2.89. The molecule has 0 saturated heterocycles. The molecule has 0 aliphatic rings. The smallest absolute Gasteiger partial charge is 0.175 e. The number of ether oxygens (including phenoxy) is 2. The first-order chi connectivity index (χ1) is 10.1. The number of nitrogens with zero attached hydrogens (tertiary/aromatic N) is 2. The number of benzene rings is 1. The number of rotatable bonds is 7. The van der Waals surface area contributed by atoms with Crippen molar-refractivity contribution in [1.82, 2.24) is 9.78 Å². The highest BCUT2D eigenvalue weighted by atomic mass is 79.9. The summed E-state index contributed by atoms with van der Waals surface area (Å²) in [6.07, 6.45) is 4.69. The van der Waals surface area contributed by atoms with Crippen molar-refractivity contribution in [3.63, 3.8) is 0 Å². The summed E-state index contributed by atoms with van der Waals surface area (Å²) in [5, 5.41) is 7.45. The lowest BCUT2D eigenvalue weighted by molar-refractivity contribution is 0.292. The Morgan fingerprint density at radius 2 is 2.19 bits per heavy atom. The van der Waals surface area contributed by atoms with Crippen LogP contribution in [0.2, 0.25) is 0 Å². The highest BCUT2D eigenvalue weighted by Crippen LogP contribution is 2.36. The van der Waals surface area contributed by atoms with Crippen LogP contribution >= 0.6 is 15.9 Å². The molecule has 0 saturated carbocycles. The summed E-state index contributed by atoms with van der Waals surface area (Å²) in [5.74, 6) is 1.49. The van der Waals surface area contributed by atoms with Crippen molar-refractivity contribution >= 4 is 21.6 Å². The maximum Gasteiger partial charge on any atom is 0.175 e. The standard InChI is InChI=1S/C15H20BrN3O2/c1-4-5-21-15-13(16)6-11(7-14(15)20-3)8-17-12-9-18-19(2)10-12/h6-7,9-10,17H,4-5,8H2,1-3H3. The third kappa shape index (κ3) is 4.14. The van der Waals surface area contributed by atoms with Gasteiger partial charge in [-0.05, 0) is 40.0 Å². The van der Waals surface area contributed by atoms with Gasteiger partial charge in [0.25, 0.3) is 0 Å². The van der Waals surface area contributed by atoms with Gasteiger partial charge in [-0.3, -0.25) is 4.68 Å². The molecule has 114 valence electrons. The fraction of sp³-hybridized carbons (Fsp3) is 0.400. The van der Waals surface area contributed by atoms with Crippen LogP contribution in [-0.2, 0) is 13.6 Å². The van der Waals surface area contributed by atoms with Crippen molar-refractivity contribution in [3.05, 3.63) is 34.6 Å². The molecule has 0 atom stereocenters. The van der Waals surface area contributed by atoms with E-state index in [9.17, 15) is 0 Å². The van der Waals surface area contributed by atoms with Crippen molar-refractivity contribution in [2.24, 2.45) is 7.05 Å². The van der Waals surface area contributed by atoms with E-state index >= 15 is 0 Å². The first-order valence-corrected chi connectivity index (χ1v) is 7.65. The molecule has 0 radical (unpaired) electrons. The molecule has 1 heterocycles. The van der Waals surface area contributed by atoms with E-state index in [4.69, 9.17) is 9.47 Å². The van der Waals surface area contributed by atoms with Crippen LogP contribution in [0.15, 0.2) is 29.0 Å². The van der Waals surface area contributed by atoms with Gasteiger partial charge in [0.2, 0.25) is 0 Å². The highest BCUT2D eigenvalue weighted by molar-refractivity contribution is 9.10. The Morgan fingerprint density at radius 3 is 2.81 bits per heavy atom. The molecule has 0 aliphatic carbocycles. The van der Waals surface area contributed by atoms with Crippen LogP contribution in [0.1, 0.15) is 18.9 Å². The zero-order valence-corrected chi connectivity index (χ0v) is 14.1. The number of hydrogen-bond acceptors (Lipinski definition) is 4. The molecule has 2 aromatic rings. The number of anilines is 1. The molecule has 0 fully saturated rings. The maximum absolute atomic E-state index is 5.72. The predicted molar refractivity (Wildman–Crippen MR) is 87.0 cm³/mol. The second-order valence-corrected chi connectivity index (χ2v) is 5.57. The van der Waals surface area contributed by atoms with Gasteiger partial charge in [-0.25, -0.2) is 0 Å². The normalized spacial score (nSPS) is 10.5. The van der Waals surface area contributed by atoms with E-state index < -0.39 is 0 Å². The van der Waals surface area contributed by atoms with Gasteiger partial charge in [-0.15, -0.1) is 0 Å². The molecule has 6 heteroatoms. The van der Waals surface area contributed by atoms with Crippen molar-refractivity contribution in [2.45, 2.75) is 19.9 Å². The molecule has 1 N–H and O–H groups in total. The number of halogens is 1. The first-order valence-electron chi connectivity index (χ1n) is 6.85. The highest BCUT2D eigenvalue weighted by Gasteiger charge is 2.11. The van der Waals surface area contributed by atoms with Gasteiger partial charge < -0.3 is 14.8 Å². The van der Waals surface area contributed by atoms with Crippen LogP contribution in [0.3, 0.4) is 0 Å². The molecule has 0 bridgehead atoms. The predicted octanol–water partition coefficient (Wildman–Crippen LogP) is 3.59. The van der Waals surface area contributed by atoms with Gasteiger partial charge in [0.05, 0.1) is 30.1 Å². The number of methoxy groups -OCH3 is 1. The minimum absolute atomic E-state index is 0.669. The number of aromatic nitrogens is 2. The van der Waals surface area contributed by atoms with E-state index in [0.717, 1.165) is 33.6 Å². The SMILES string of the molecule is CCCOc1c(Br)cc(CNc2cnn(C)c2)cc1OC. The molecule has 1 aromatic heterocycles. The van der Waals surface area contributed by atoms with E-state index in [1.54, 1.807) is 18.0 Å². The zero-order valence-electron chi connectivity index (χ0n) is 12.5. The molecule has 1 aromatic carbocycles. The fourth-order valence-corrected chi connectivity index (χ4v) is 2.54. The van der Waals surface area contributed by atoms with E-state index in [0.29, 0.717) is 13.2 Å². The molecule has 0 spiro atoms. The average molecular weight is 354 g/mol. The monoisotopic (exact) mass is 353 g/mol. The summed E-state index contributed by atoms with van der Waals surface area (Å²) in [5.41, 5.74) is 2.09. The Morgan fingerprint density at radius 1 is 1.38 bits per heavy atom. The number of nitrogens with one attached hydrogen (secondary N) is 1. The molecule has 0 unspecified atom stereocenters. The Bertz CT molecular complexity index is 599. The van der Waals surface area contributed by atoms with Crippen LogP contribution in [0.4, 0.5) is 5.69 Å². The minimum Gasteiger partial charge on any atom is -0.493 e. The zero-order chi connectivity index (χ0) is 15.2. The summed E-state index contributed by atoms with van der Waals surface area (Å²) in [4.78, 5) is 0. The van der Waals surface area contributed by atoms with Crippen LogP contribution in [0.5, 0.6) is 11.5 Å². The second kappa shape index (κ2) is 7.36. The summed E-state index contributed by atoms with van der Waals surface area (Å²) in [6, 6.07) is 4.02. The van der Waals surface area contributed by atoms with Crippen molar-refractivity contribution < 1.29 is 9.47 Å². The number of hydrogen-bond donors (Lipinski definition) is 1. The van der Waals surface area contributed by atoms with Gasteiger partial charge >= 0.3 is 0 Å². The van der Waals surface area contributed by atoms with E-state index in [1.165, 1.54) is 0 Å². The van der Waals surface area contributed by atoms with Gasteiger partial charge in [-0.1, -0.05) is 6.92 Å². The van der Waals surface area contributed by atoms with Crippen LogP contribution in [0.25, 0.3) is 0 Å². The quantitative estimate of drug-likeness (QED) is 0.826. The summed E-state index contributed by atoms with van der Waals surface area (Å²) < 4.78 is 13.8. The molecule has 2 rings (SSSR count). The van der Waals surface area contributed by atoms with Gasteiger partial charge in [-0.2, -0.15) is 5.10 Å². The fourth-order valence-electron chi connectivity index (χ4n) is 1.94. The lowest BCUT2D eigenvalue weighted by Gasteiger charge is -2.14. The Hall–Kier alpha value is -1.69. The Balaban J connectivity index is 2.11. The topological polar surface area (TPSA) is 48.3 Å². The Kier molecular flexibility index (Phi) is 5.50. The molecular weight excluding hydrogens is 334 g/mol. The molecule has 0 aliphatic heterocycles. The van der Waals surface area contributed by atoms with E-state index in [-0.39, 0.29) is 0 Å². The largest absolute Gasteiger partial charge is 0.493 e.